The molecule has 0 saturated carbocycles. The number of amides is 1. The summed E-state index contributed by atoms with van der Waals surface area (Å²) in [6.07, 6.45) is -6.54. The zero-order valence-electron chi connectivity index (χ0n) is 29.3. The highest BCUT2D eigenvalue weighted by atomic mass is 32.2. The maximum absolute atomic E-state index is 14.9. The normalized spacial score (nSPS) is 14.2. The van der Waals surface area contributed by atoms with Gasteiger partial charge in [0.2, 0.25) is 10.0 Å². The van der Waals surface area contributed by atoms with Gasteiger partial charge >= 0.3 is 12.3 Å². The lowest BCUT2D eigenvalue weighted by Gasteiger charge is -2.32. The Bertz CT molecular complexity index is 1840. The van der Waals surface area contributed by atoms with E-state index < -0.39 is 65.0 Å². The molecule has 1 aromatic heterocycles. The first-order valence-corrected chi connectivity index (χ1v) is 18.8. The number of aliphatic hydroxyl groups excluding tert-OH is 1. The highest BCUT2D eigenvalue weighted by Gasteiger charge is 2.46. The van der Waals surface area contributed by atoms with Gasteiger partial charge in [-0.15, -0.1) is 11.3 Å². The number of ketones is 1. The van der Waals surface area contributed by atoms with E-state index in [1.54, 1.807) is 60.7 Å². The van der Waals surface area contributed by atoms with Crippen molar-refractivity contribution in [2.75, 3.05) is 26.0 Å². The number of nitrogens with zero attached hydrogens (tertiary/aromatic N) is 1. The average molecular weight is 760 g/mol. The molecule has 3 atom stereocenters. The van der Waals surface area contributed by atoms with Gasteiger partial charge in [0.25, 0.3) is 0 Å². The van der Waals surface area contributed by atoms with E-state index in [9.17, 15) is 36.3 Å². The SMILES string of the molecule is COC(=O)N[C@H](C(=O)C[C@H](c1ccc([C@@H](CO)N(CCC(C)(C)C)S(=O)(=O)c2ccc(N)cc2)s1)C(F)(F)F)C(c1ccccc1)c1ccccc1. The van der Waals surface area contributed by atoms with Gasteiger partial charge in [-0.25, -0.2) is 13.2 Å². The smallest absolute Gasteiger partial charge is 0.407 e. The van der Waals surface area contributed by atoms with Crippen LogP contribution in [0.5, 0.6) is 0 Å². The first-order valence-electron chi connectivity index (χ1n) is 16.6. The van der Waals surface area contributed by atoms with Crippen molar-refractivity contribution in [3.05, 3.63) is 118 Å². The Labute approximate surface area is 306 Å². The number of ether oxygens (including phenoxy) is 1. The lowest BCUT2D eigenvalue weighted by atomic mass is 9.81. The minimum Gasteiger partial charge on any atom is -0.453 e. The van der Waals surface area contributed by atoms with Crippen LogP contribution in [0.4, 0.5) is 23.7 Å². The summed E-state index contributed by atoms with van der Waals surface area (Å²) in [5.41, 5.74) is 6.99. The number of thiophene rings is 1. The lowest BCUT2D eigenvalue weighted by Crippen LogP contribution is -2.46. The van der Waals surface area contributed by atoms with Gasteiger partial charge in [0.15, 0.2) is 5.78 Å². The van der Waals surface area contributed by atoms with Gasteiger partial charge in [-0.3, -0.25) is 4.79 Å². The molecule has 14 heteroatoms. The summed E-state index contributed by atoms with van der Waals surface area (Å²) >= 11 is 0.679. The standard InChI is InChI=1S/C38H44F3N3O6S2/c1-37(2,3)21-22-44(52(48,49)28-17-15-27(42)16-18-28)30(24-45)33-20-19-32(51-33)29(38(39,40)41)23-31(46)35(43-36(47)50-4)34(25-11-7-5-8-12-25)26-13-9-6-10-14-26/h5-20,29-30,34-35,45H,21-24,42H2,1-4H3,(H,43,47)/t29-,30-,35-/m1/s1. The Balaban J connectivity index is 1.74. The molecular formula is C38H44F3N3O6S2. The molecule has 4 aromatic rings. The van der Waals surface area contributed by atoms with Crippen molar-refractivity contribution < 1.29 is 41.0 Å². The predicted molar refractivity (Wildman–Crippen MR) is 195 cm³/mol. The Morgan fingerprint density at radius 3 is 1.90 bits per heavy atom. The Morgan fingerprint density at radius 2 is 1.42 bits per heavy atom. The number of Topliss-reactive ketones (excluding diaryl/α,β-unsaturated/α-hetero) is 1. The number of sulfonamides is 1. The van der Waals surface area contributed by atoms with Crippen LogP contribution in [0.15, 0.2) is 102 Å². The number of anilines is 1. The van der Waals surface area contributed by atoms with Crippen molar-refractivity contribution in [3.8, 4) is 0 Å². The number of benzene rings is 3. The molecular weight excluding hydrogens is 716 g/mol. The third-order valence-electron chi connectivity index (χ3n) is 8.67. The molecule has 0 spiro atoms. The predicted octanol–water partition coefficient (Wildman–Crippen LogP) is 7.65. The number of hydrogen-bond donors (Lipinski definition) is 3. The Kier molecular flexibility index (Phi) is 13.3. The zero-order valence-corrected chi connectivity index (χ0v) is 31.0. The van der Waals surface area contributed by atoms with E-state index in [0.717, 1.165) is 11.4 Å². The molecule has 9 nitrogen and oxygen atoms in total. The molecule has 0 aliphatic carbocycles. The van der Waals surface area contributed by atoms with Crippen LogP contribution in [-0.4, -0.2) is 62.2 Å². The number of nitrogen functional groups attached to an aromatic ring is 1. The molecule has 280 valence electrons. The topological polar surface area (TPSA) is 139 Å². The van der Waals surface area contributed by atoms with Crippen molar-refractivity contribution in [1.82, 2.24) is 9.62 Å². The molecule has 52 heavy (non-hydrogen) atoms. The van der Waals surface area contributed by atoms with Gasteiger partial charge in [0.1, 0.15) is 6.04 Å². The molecule has 1 heterocycles. The van der Waals surface area contributed by atoms with Crippen molar-refractivity contribution >= 4 is 38.9 Å². The number of carbonyl (C=O) groups excluding carboxylic acids is 2. The number of nitrogens with one attached hydrogen (secondary N) is 1. The average Bonchev–Trinajstić information content (AvgIpc) is 3.57. The van der Waals surface area contributed by atoms with Crippen LogP contribution in [-0.2, 0) is 19.6 Å². The van der Waals surface area contributed by atoms with Gasteiger partial charge in [-0.05, 0) is 59.4 Å². The number of methoxy groups -OCH3 is 1. The summed E-state index contributed by atoms with van der Waals surface area (Å²) < 4.78 is 78.6. The summed E-state index contributed by atoms with van der Waals surface area (Å²) in [4.78, 5) is 26.5. The third kappa shape index (κ3) is 10.2. The molecule has 0 radical (unpaired) electrons. The molecule has 0 fully saturated rings. The number of alkyl halides is 3. The lowest BCUT2D eigenvalue weighted by molar-refractivity contribution is -0.156. The van der Waals surface area contributed by atoms with Crippen LogP contribution >= 0.6 is 11.3 Å². The van der Waals surface area contributed by atoms with E-state index in [4.69, 9.17) is 10.5 Å². The fourth-order valence-electron chi connectivity index (χ4n) is 5.86. The molecule has 0 bridgehead atoms. The van der Waals surface area contributed by atoms with Crippen molar-refractivity contribution in [3.63, 3.8) is 0 Å². The minimum absolute atomic E-state index is 0.0307. The van der Waals surface area contributed by atoms with Crippen LogP contribution in [0.1, 0.15) is 72.4 Å². The van der Waals surface area contributed by atoms with Crippen LogP contribution in [0, 0.1) is 5.41 Å². The molecule has 4 rings (SSSR count). The summed E-state index contributed by atoms with van der Waals surface area (Å²) in [7, 11) is -3.15. The molecule has 0 unspecified atom stereocenters. The van der Waals surface area contributed by atoms with Gasteiger partial charge in [0.05, 0.1) is 30.6 Å². The maximum atomic E-state index is 14.9. The number of halogens is 3. The second-order valence-corrected chi connectivity index (χ2v) is 16.6. The molecule has 0 aliphatic rings. The van der Waals surface area contributed by atoms with Gasteiger partial charge in [-0.2, -0.15) is 17.5 Å². The van der Waals surface area contributed by atoms with Crippen LogP contribution < -0.4 is 11.1 Å². The summed E-state index contributed by atoms with van der Waals surface area (Å²) in [6, 6.07) is 22.8. The number of rotatable bonds is 15. The largest absolute Gasteiger partial charge is 0.453 e. The second-order valence-electron chi connectivity index (χ2n) is 13.6. The minimum atomic E-state index is -4.90. The monoisotopic (exact) mass is 759 g/mol. The zero-order chi connectivity index (χ0) is 38.3. The van der Waals surface area contributed by atoms with Crippen LogP contribution in [0.2, 0.25) is 0 Å². The highest BCUT2D eigenvalue weighted by molar-refractivity contribution is 7.89. The van der Waals surface area contributed by atoms with E-state index in [0.29, 0.717) is 34.6 Å². The number of alkyl carbamates (subject to hydrolysis) is 1. The van der Waals surface area contributed by atoms with Crippen LogP contribution in [0.25, 0.3) is 0 Å². The Morgan fingerprint density at radius 1 is 0.885 bits per heavy atom. The molecule has 0 aliphatic heterocycles. The number of aliphatic hydroxyl groups is 1. The number of carbonyl (C=O) groups is 2. The summed E-state index contributed by atoms with van der Waals surface area (Å²) in [6.45, 7) is 5.02. The van der Waals surface area contributed by atoms with Crippen molar-refractivity contribution in [1.29, 1.82) is 0 Å². The first kappa shape index (κ1) is 40.5. The fraction of sp³-hybridized carbons (Fsp3) is 0.368. The van der Waals surface area contributed by atoms with Gasteiger partial charge in [0, 0.05) is 34.3 Å². The van der Waals surface area contributed by atoms with Crippen LogP contribution in [0.3, 0.4) is 0 Å². The molecule has 3 aromatic carbocycles. The van der Waals surface area contributed by atoms with E-state index in [-0.39, 0.29) is 26.6 Å². The van der Waals surface area contributed by atoms with Gasteiger partial charge < -0.3 is 20.9 Å². The molecule has 1 amide bonds. The quantitative estimate of drug-likeness (QED) is 0.106. The summed E-state index contributed by atoms with van der Waals surface area (Å²) in [5.74, 6) is -4.05. The number of nitrogens with two attached hydrogens (primary N) is 1. The van der Waals surface area contributed by atoms with E-state index in [1.165, 1.54) is 36.4 Å². The Hall–Kier alpha value is -4.24. The second kappa shape index (κ2) is 17.1. The van der Waals surface area contributed by atoms with E-state index >= 15 is 0 Å². The van der Waals surface area contributed by atoms with Crippen molar-refractivity contribution in [2.45, 2.75) is 68.6 Å². The fourth-order valence-corrected chi connectivity index (χ4v) is 8.77. The number of hydrogen-bond acceptors (Lipinski definition) is 8. The molecule has 4 N–H and O–H groups in total. The van der Waals surface area contributed by atoms with Crippen molar-refractivity contribution in [2.24, 2.45) is 5.41 Å². The maximum Gasteiger partial charge on any atom is 0.407 e. The highest BCUT2D eigenvalue weighted by Crippen LogP contribution is 2.44. The van der Waals surface area contributed by atoms with E-state index in [2.05, 4.69) is 5.32 Å². The summed E-state index contributed by atoms with van der Waals surface area (Å²) in [5, 5.41) is 13.1. The third-order valence-corrected chi connectivity index (χ3v) is 11.9. The first-order chi connectivity index (χ1) is 24.5. The molecule has 0 saturated heterocycles. The van der Waals surface area contributed by atoms with E-state index in [1.807, 2.05) is 20.8 Å². The van der Waals surface area contributed by atoms with Gasteiger partial charge in [-0.1, -0.05) is 81.4 Å².